The number of hydrogen-bond donors (Lipinski definition) is 1. The van der Waals surface area contributed by atoms with E-state index in [0.29, 0.717) is 16.0 Å². The maximum atomic E-state index is 6.21. The highest BCUT2D eigenvalue weighted by Gasteiger charge is 2.09. The fraction of sp³-hybridized carbons (Fsp3) is 0.231. The summed E-state index contributed by atoms with van der Waals surface area (Å²) < 4.78 is 0. The van der Waals surface area contributed by atoms with E-state index < -0.39 is 0 Å². The highest BCUT2D eigenvalue weighted by Crippen LogP contribution is 2.27. The molecule has 0 spiro atoms. The van der Waals surface area contributed by atoms with Crippen LogP contribution >= 0.6 is 23.4 Å². The summed E-state index contributed by atoms with van der Waals surface area (Å²) in [6.07, 6.45) is 1.94. The van der Waals surface area contributed by atoms with E-state index in [-0.39, 0.29) is 0 Å². The van der Waals surface area contributed by atoms with Gasteiger partial charge in [-0.15, -0.1) is 0 Å². The average Bonchev–Trinajstić information content (AvgIpc) is 2.37. The van der Waals surface area contributed by atoms with Crippen molar-refractivity contribution in [1.29, 1.82) is 0 Å². The van der Waals surface area contributed by atoms with Gasteiger partial charge in [-0.25, -0.2) is 9.97 Å². The van der Waals surface area contributed by atoms with Gasteiger partial charge in [0.15, 0.2) is 11.0 Å². The molecule has 0 radical (unpaired) electrons. The molecule has 0 amide bonds. The molecule has 0 aliphatic rings. The first-order valence-electron chi connectivity index (χ1n) is 5.52. The standard InChI is InChI=1S/C13H14ClN3S/c1-8-4-6-10(7-5-8)16-12-11(14)9(2)15-13(17-12)18-3/h4-7H,1-3H3,(H,15,16,17). The summed E-state index contributed by atoms with van der Waals surface area (Å²) in [6.45, 7) is 3.93. The van der Waals surface area contributed by atoms with Crippen molar-refractivity contribution >= 4 is 34.9 Å². The highest BCUT2D eigenvalue weighted by atomic mass is 35.5. The van der Waals surface area contributed by atoms with Crippen LogP contribution in [-0.2, 0) is 0 Å². The van der Waals surface area contributed by atoms with Crippen LogP contribution < -0.4 is 5.32 Å². The van der Waals surface area contributed by atoms with Gasteiger partial charge in [0.1, 0.15) is 5.02 Å². The van der Waals surface area contributed by atoms with Gasteiger partial charge >= 0.3 is 0 Å². The summed E-state index contributed by atoms with van der Waals surface area (Å²) in [5, 5.41) is 4.50. The van der Waals surface area contributed by atoms with Gasteiger partial charge in [0.05, 0.1) is 5.69 Å². The molecule has 0 saturated heterocycles. The van der Waals surface area contributed by atoms with Crippen molar-refractivity contribution in [3.63, 3.8) is 0 Å². The van der Waals surface area contributed by atoms with E-state index in [0.717, 1.165) is 11.4 Å². The van der Waals surface area contributed by atoms with Crippen LogP contribution in [0.2, 0.25) is 5.02 Å². The number of hydrogen-bond acceptors (Lipinski definition) is 4. The fourth-order valence-corrected chi connectivity index (χ4v) is 2.02. The molecule has 0 aliphatic heterocycles. The van der Waals surface area contributed by atoms with Crippen molar-refractivity contribution in [3.05, 3.63) is 40.5 Å². The maximum absolute atomic E-state index is 6.21. The predicted molar refractivity (Wildman–Crippen MR) is 78.0 cm³/mol. The number of anilines is 2. The highest BCUT2D eigenvalue weighted by molar-refractivity contribution is 7.98. The Balaban J connectivity index is 2.33. The number of benzene rings is 1. The molecule has 1 N–H and O–H groups in total. The quantitative estimate of drug-likeness (QED) is 0.674. The fourth-order valence-electron chi connectivity index (χ4n) is 1.48. The van der Waals surface area contributed by atoms with Gasteiger partial charge in [-0.3, -0.25) is 0 Å². The molecule has 2 rings (SSSR count). The third kappa shape index (κ3) is 2.94. The van der Waals surface area contributed by atoms with Gasteiger partial charge in [0.25, 0.3) is 0 Å². The topological polar surface area (TPSA) is 37.8 Å². The maximum Gasteiger partial charge on any atom is 0.189 e. The monoisotopic (exact) mass is 279 g/mol. The van der Waals surface area contributed by atoms with Crippen molar-refractivity contribution in [2.45, 2.75) is 19.0 Å². The van der Waals surface area contributed by atoms with Crippen LogP contribution in [0.1, 0.15) is 11.3 Å². The van der Waals surface area contributed by atoms with E-state index in [4.69, 9.17) is 11.6 Å². The Kier molecular flexibility index (Phi) is 4.09. The van der Waals surface area contributed by atoms with Crippen molar-refractivity contribution in [2.24, 2.45) is 0 Å². The number of aromatic nitrogens is 2. The molecular formula is C13H14ClN3S. The Morgan fingerprint density at radius 1 is 1.11 bits per heavy atom. The number of halogens is 1. The van der Waals surface area contributed by atoms with E-state index in [9.17, 15) is 0 Å². The minimum atomic E-state index is 0.563. The largest absolute Gasteiger partial charge is 0.339 e. The summed E-state index contributed by atoms with van der Waals surface area (Å²) in [4.78, 5) is 8.67. The SMILES string of the molecule is CSc1nc(C)c(Cl)c(Nc2ccc(C)cc2)n1. The molecule has 0 fully saturated rings. The lowest BCUT2D eigenvalue weighted by Crippen LogP contribution is -2.00. The zero-order valence-electron chi connectivity index (χ0n) is 10.5. The van der Waals surface area contributed by atoms with E-state index in [2.05, 4.69) is 22.2 Å². The zero-order valence-corrected chi connectivity index (χ0v) is 12.1. The van der Waals surface area contributed by atoms with E-state index in [1.54, 1.807) is 0 Å². The number of thioether (sulfide) groups is 1. The Labute approximate surface area is 116 Å². The molecule has 0 atom stereocenters. The molecule has 0 saturated carbocycles. The minimum Gasteiger partial charge on any atom is -0.339 e. The van der Waals surface area contributed by atoms with Crippen LogP contribution in [0.15, 0.2) is 29.4 Å². The molecule has 0 bridgehead atoms. The zero-order chi connectivity index (χ0) is 13.1. The first-order valence-corrected chi connectivity index (χ1v) is 7.12. The van der Waals surface area contributed by atoms with Crippen molar-refractivity contribution in [2.75, 3.05) is 11.6 Å². The third-order valence-corrected chi connectivity index (χ3v) is 3.49. The summed E-state index contributed by atoms with van der Waals surface area (Å²) >= 11 is 7.70. The lowest BCUT2D eigenvalue weighted by atomic mass is 10.2. The lowest BCUT2D eigenvalue weighted by Gasteiger charge is -2.10. The molecule has 1 heterocycles. The second-order valence-electron chi connectivity index (χ2n) is 3.95. The molecule has 94 valence electrons. The molecule has 1 aromatic heterocycles. The third-order valence-electron chi connectivity index (χ3n) is 2.49. The van der Waals surface area contributed by atoms with Gasteiger partial charge in [-0.2, -0.15) is 0 Å². The van der Waals surface area contributed by atoms with Gasteiger partial charge in [0, 0.05) is 5.69 Å². The summed E-state index contributed by atoms with van der Waals surface area (Å²) in [7, 11) is 0. The van der Waals surface area contributed by atoms with Crippen LogP contribution in [0, 0.1) is 13.8 Å². The lowest BCUT2D eigenvalue weighted by molar-refractivity contribution is 0.941. The molecule has 5 heteroatoms. The Morgan fingerprint density at radius 3 is 2.39 bits per heavy atom. The van der Waals surface area contributed by atoms with Crippen LogP contribution in [0.25, 0.3) is 0 Å². The Hall–Kier alpha value is -1.26. The molecule has 2 aromatic rings. The van der Waals surface area contributed by atoms with Crippen LogP contribution in [-0.4, -0.2) is 16.2 Å². The first kappa shape index (κ1) is 13.2. The minimum absolute atomic E-state index is 0.563. The smallest absolute Gasteiger partial charge is 0.189 e. The number of nitrogens with zero attached hydrogens (tertiary/aromatic N) is 2. The molecule has 1 aromatic carbocycles. The number of nitrogens with one attached hydrogen (secondary N) is 1. The molecule has 0 aliphatic carbocycles. The Bertz CT molecular complexity index is 555. The second kappa shape index (κ2) is 5.59. The summed E-state index contributed by atoms with van der Waals surface area (Å²) in [6, 6.07) is 8.09. The van der Waals surface area contributed by atoms with Crippen molar-refractivity contribution in [1.82, 2.24) is 9.97 Å². The van der Waals surface area contributed by atoms with E-state index in [1.165, 1.54) is 17.3 Å². The first-order chi connectivity index (χ1) is 8.60. The van der Waals surface area contributed by atoms with Crippen molar-refractivity contribution < 1.29 is 0 Å². The molecule has 0 unspecified atom stereocenters. The average molecular weight is 280 g/mol. The second-order valence-corrected chi connectivity index (χ2v) is 5.10. The normalized spacial score (nSPS) is 10.4. The van der Waals surface area contributed by atoms with Crippen LogP contribution in [0.4, 0.5) is 11.5 Å². The van der Waals surface area contributed by atoms with E-state index >= 15 is 0 Å². The van der Waals surface area contributed by atoms with Crippen molar-refractivity contribution in [3.8, 4) is 0 Å². The van der Waals surface area contributed by atoms with Gasteiger partial charge < -0.3 is 5.32 Å². The van der Waals surface area contributed by atoms with Gasteiger partial charge in [-0.05, 0) is 32.2 Å². The molecular weight excluding hydrogens is 266 g/mol. The molecule has 3 nitrogen and oxygen atoms in total. The summed E-state index contributed by atoms with van der Waals surface area (Å²) in [5.41, 5.74) is 2.97. The Morgan fingerprint density at radius 2 is 1.78 bits per heavy atom. The van der Waals surface area contributed by atoms with E-state index in [1.807, 2.05) is 37.4 Å². The number of aryl methyl sites for hydroxylation is 2. The number of rotatable bonds is 3. The summed E-state index contributed by atoms with van der Waals surface area (Å²) in [5.74, 6) is 0.650. The van der Waals surface area contributed by atoms with Crippen LogP contribution in [0.3, 0.4) is 0 Å². The van der Waals surface area contributed by atoms with Gasteiger partial charge in [-0.1, -0.05) is 41.1 Å². The molecule has 18 heavy (non-hydrogen) atoms. The van der Waals surface area contributed by atoms with Crippen LogP contribution in [0.5, 0.6) is 0 Å². The predicted octanol–water partition coefficient (Wildman–Crippen LogP) is 4.21. The van der Waals surface area contributed by atoms with Gasteiger partial charge in [0.2, 0.25) is 0 Å².